The number of hydrogen-bond acceptors (Lipinski definition) is 2. The minimum atomic E-state index is 0.441. The summed E-state index contributed by atoms with van der Waals surface area (Å²) in [4.78, 5) is 4.37. The van der Waals surface area contributed by atoms with Crippen molar-refractivity contribution in [1.82, 2.24) is 14.6 Å². The van der Waals surface area contributed by atoms with Gasteiger partial charge in [0.15, 0.2) is 5.65 Å². The molecule has 4 nitrogen and oxygen atoms in total. The molecule has 0 saturated heterocycles. The first-order chi connectivity index (χ1) is 8.28. The van der Waals surface area contributed by atoms with Crippen LogP contribution in [0.1, 0.15) is 5.69 Å². The molecule has 2 heterocycles. The van der Waals surface area contributed by atoms with Crippen LogP contribution in [0.3, 0.4) is 0 Å². The molecule has 86 valence electrons. The Hall–Kier alpha value is -1.78. The Morgan fingerprint density at radius 3 is 2.88 bits per heavy atom. The number of aromatic nitrogens is 3. The molecule has 0 atom stereocenters. The van der Waals surface area contributed by atoms with E-state index in [4.69, 9.17) is 17.3 Å². The molecule has 0 spiro atoms. The van der Waals surface area contributed by atoms with Crippen molar-refractivity contribution in [3.8, 4) is 11.3 Å². The predicted molar refractivity (Wildman–Crippen MR) is 67.9 cm³/mol. The molecule has 0 amide bonds. The van der Waals surface area contributed by atoms with E-state index in [2.05, 4.69) is 10.1 Å². The van der Waals surface area contributed by atoms with E-state index >= 15 is 0 Å². The minimum absolute atomic E-state index is 0.441. The number of fused-ring (bicyclic) bond motifs is 1. The molecular weight excluding hydrogens is 236 g/mol. The molecule has 0 fully saturated rings. The number of H-pyrrole nitrogens is 1. The van der Waals surface area contributed by atoms with Crippen LogP contribution < -0.4 is 5.73 Å². The van der Waals surface area contributed by atoms with E-state index < -0.39 is 0 Å². The summed E-state index contributed by atoms with van der Waals surface area (Å²) in [7, 11) is 0. The average molecular weight is 247 g/mol. The van der Waals surface area contributed by atoms with Crippen LogP contribution in [-0.2, 0) is 6.54 Å². The fourth-order valence-electron chi connectivity index (χ4n) is 1.84. The highest BCUT2D eigenvalue weighted by atomic mass is 35.5. The molecule has 17 heavy (non-hydrogen) atoms. The van der Waals surface area contributed by atoms with Crippen LogP contribution in [0.4, 0.5) is 0 Å². The zero-order valence-corrected chi connectivity index (χ0v) is 9.78. The molecule has 5 heteroatoms. The second-order valence-corrected chi connectivity index (χ2v) is 4.22. The van der Waals surface area contributed by atoms with Crippen molar-refractivity contribution in [1.29, 1.82) is 0 Å². The van der Waals surface area contributed by atoms with E-state index in [1.165, 1.54) is 0 Å². The molecule has 1 aromatic carbocycles. The monoisotopic (exact) mass is 246 g/mol. The number of nitrogens with one attached hydrogen (secondary N) is 1. The molecule has 0 saturated carbocycles. The van der Waals surface area contributed by atoms with Gasteiger partial charge < -0.3 is 5.73 Å². The van der Waals surface area contributed by atoms with E-state index in [1.807, 2.05) is 41.0 Å². The zero-order valence-electron chi connectivity index (χ0n) is 9.02. The van der Waals surface area contributed by atoms with Gasteiger partial charge in [-0.15, -0.1) is 0 Å². The predicted octanol–water partition coefficient (Wildman–Crippen LogP) is 2.44. The first-order valence-electron chi connectivity index (χ1n) is 5.30. The second-order valence-electron chi connectivity index (χ2n) is 3.81. The summed E-state index contributed by atoms with van der Waals surface area (Å²) in [5, 5.41) is 3.94. The van der Waals surface area contributed by atoms with Crippen molar-refractivity contribution in [2.24, 2.45) is 5.73 Å². The lowest BCUT2D eigenvalue weighted by atomic mass is 10.1. The fraction of sp³-hybridized carbons (Fsp3) is 0.0833. The highest BCUT2D eigenvalue weighted by Crippen LogP contribution is 2.27. The summed E-state index contributed by atoms with van der Waals surface area (Å²) >= 11 is 6.14. The number of nitrogens with two attached hydrogens (primary N) is 1. The van der Waals surface area contributed by atoms with Gasteiger partial charge in [-0.05, 0) is 6.07 Å². The zero-order chi connectivity index (χ0) is 11.8. The summed E-state index contributed by atoms with van der Waals surface area (Å²) in [5.74, 6) is 0. The van der Waals surface area contributed by atoms with E-state index in [1.54, 1.807) is 0 Å². The van der Waals surface area contributed by atoms with Crippen LogP contribution in [0.5, 0.6) is 0 Å². The van der Waals surface area contributed by atoms with E-state index in [-0.39, 0.29) is 0 Å². The number of rotatable bonds is 2. The van der Waals surface area contributed by atoms with Gasteiger partial charge in [0.25, 0.3) is 0 Å². The van der Waals surface area contributed by atoms with Crippen molar-refractivity contribution in [3.05, 3.63) is 47.2 Å². The van der Waals surface area contributed by atoms with Crippen LogP contribution >= 0.6 is 11.6 Å². The Labute approximate surface area is 103 Å². The molecular formula is C12H11ClN4. The summed E-state index contributed by atoms with van der Waals surface area (Å²) < 4.78 is 1.85. The van der Waals surface area contributed by atoms with Gasteiger partial charge in [-0.25, -0.2) is 9.50 Å². The molecule has 0 aliphatic carbocycles. The number of imidazole rings is 1. The fourth-order valence-corrected chi connectivity index (χ4v) is 2.08. The van der Waals surface area contributed by atoms with Gasteiger partial charge in [-0.2, -0.15) is 0 Å². The maximum atomic E-state index is 6.14. The Kier molecular flexibility index (Phi) is 2.39. The van der Waals surface area contributed by atoms with Crippen LogP contribution in [0.25, 0.3) is 16.9 Å². The summed E-state index contributed by atoms with van der Waals surface area (Å²) in [6.07, 6.45) is 1.88. The Morgan fingerprint density at radius 1 is 1.35 bits per heavy atom. The third-order valence-electron chi connectivity index (χ3n) is 2.67. The molecule has 3 aromatic rings. The highest BCUT2D eigenvalue weighted by molar-refractivity contribution is 6.33. The number of nitrogens with zero attached hydrogens (tertiary/aromatic N) is 2. The van der Waals surface area contributed by atoms with Crippen LogP contribution in [0.15, 0.2) is 36.5 Å². The van der Waals surface area contributed by atoms with Crippen molar-refractivity contribution >= 4 is 17.2 Å². The van der Waals surface area contributed by atoms with Crippen molar-refractivity contribution in [2.45, 2.75) is 6.54 Å². The van der Waals surface area contributed by atoms with Crippen LogP contribution in [0.2, 0.25) is 5.02 Å². The third kappa shape index (κ3) is 1.71. The minimum Gasteiger partial charge on any atom is -0.325 e. The molecule has 0 aliphatic heterocycles. The maximum Gasteiger partial charge on any atom is 0.153 e. The van der Waals surface area contributed by atoms with Crippen molar-refractivity contribution < 1.29 is 0 Å². The molecule has 0 radical (unpaired) electrons. The summed E-state index contributed by atoms with van der Waals surface area (Å²) in [6, 6.07) is 9.66. The van der Waals surface area contributed by atoms with Gasteiger partial charge in [0.2, 0.25) is 0 Å². The molecule has 0 aliphatic rings. The molecule has 0 bridgehead atoms. The normalized spacial score (nSPS) is 11.2. The number of hydrogen-bond donors (Lipinski definition) is 2. The van der Waals surface area contributed by atoms with E-state index in [9.17, 15) is 0 Å². The van der Waals surface area contributed by atoms with Gasteiger partial charge in [0.1, 0.15) is 0 Å². The largest absolute Gasteiger partial charge is 0.325 e. The number of aromatic amines is 1. The Balaban J connectivity index is 2.13. The smallest absolute Gasteiger partial charge is 0.153 e. The number of halogens is 1. The van der Waals surface area contributed by atoms with Gasteiger partial charge in [-0.3, -0.25) is 5.10 Å². The van der Waals surface area contributed by atoms with E-state index in [0.717, 1.165) is 27.6 Å². The highest BCUT2D eigenvalue weighted by Gasteiger charge is 2.08. The molecule has 2 aromatic heterocycles. The van der Waals surface area contributed by atoms with Gasteiger partial charge in [-0.1, -0.05) is 29.8 Å². The maximum absolute atomic E-state index is 6.14. The van der Waals surface area contributed by atoms with Crippen LogP contribution in [-0.4, -0.2) is 14.6 Å². The molecule has 3 rings (SSSR count). The van der Waals surface area contributed by atoms with Gasteiger partial charge >= 0.3 is 0 Å². The Bertz CT molecular complexity index is 637. The summed E-state index contributed by atoms with van der Waals surface area (Å²) in [6.45, 7) is 0.441. The van der Waals surface area contributed by atoms with Crippen LogP contribution in [0, 0.1) is 0 Å². The second kappa shape index (κ2) is 3.91. The molecule has 0 unspecified atom stereocenters. The quantitative estimate of drug-likeness (QED) is 0.730. The summed E-state index contributed by atoms with van der Waals surface area (Å²) in [5.41, 5.74) is 9.16. The Morgan fingerprint density at radius 2 is 2.18 bits per heavy atom. The first-order valence-corrected chi connectivity index (χ1v) is 5.67. The first kappa shape index (κ1) is 10.4. The average Bonchev–Trinajstić information content (AvgIpc) is 2.86. The van der Waals surface area contributed by atoms with Gasteiger partial charge in [0, 0.05) is 23.2 Å². The van der Waals surface area contributed by atoms with E-state index in [0.29, 0.717) is 6.54 Å². The topological polar surface area (TPSA) is 59.1 Å². The third-order valence-corrected chi connectivity index (χ3v) is 3.00. The SMILES string of the molecule is NCc1cn2[nH]c(-c3ccccc3Cl)cc2n1. The molecule has 3 N–H and O–H groups in total. The number of benzene rings is 1. The van der Waals surface area contributed by atoms with Crippen molar-refractivity contribution in [2.75, 3.05) is 0 Å². The lowest BCUT2D eigenvalue weighted by Crippen LogP contribution is -1.95. The van der Waals surface area contributed by atoms with Crippen molar-refractivity contribution in [3.63, 3.8) is 0 Å². The standard InChI is InChI=1S/C12H11ClN4/c13-10-4-2-1-3-9(10)11-5-12-15-8(6-14)7-17(12)16-11/h1-5,7,16H,6,14H2. The van der Waals surface area contributed by atoms with Gasteiger partial charge in [0.05, 0.1) is 17.6 Å². The lowest BCUT2D eigenvalue weighted by molar-refractivity contribution is 0.959. The lowest BCUT2D eigenvalue weighted by Gasteiger charge is -1.99.